The smallest absolute Gasteiger partial charge is 0.321 e. The Morgan fingerprint density at radius 1 is 1.47 bits per heavy atom. The van der Waals surface area contributed by atoms with E-state index in [1.54, 1.807) is 20.9 Å². The summed E-state index contributed by atoms with van der Waals surface area (Å²) >= 11 is 0. The summed E-state index contributed by atoms with van der Waals surface area (Å²) in [5.41, 5.74) is 0.808. The third-order valence-electron chi connectivity index (χ3n) is 2.41. The second-order valence-electron chi connectivity index (χ2n) is 3.80. The van der Waals surface area contributed by atoms with Crippen LogP contribution in [0.2, 0.25) is 0 Å². The van der Waals surface area contributed by atoms with Crippen molar-refractivity contribution in [3.8, 4) is 0 Å². The molecule has 0 aliphatic rings. The van der Waals surface area contributed by atoms with Crippen LogP contribution in [0, 0.1) is 13.8 Å². The number of aromatic nitrogens is 2. The summed E-state index contributed by atoms with van der Waals surface area (Å²) in [4.78, 5) is 10.7. The van der Waals surface area contributed by atoms with Crippen molar-refractivity contribution in [2.45, 2.75) is 31.7 Å². The highest BCUT2D eigenvalue weighted by atomic mass is 32.2. The van der Waals surface area contributed by atoms with Crippen molar-refractivity contribution in [3.05, 3.63) is 11.4 Å². The van der Waals surface area contributed by atoms with E-state index in [4.69, 9.17) is 5.11 Å². The van der Waals surface area contributed by atoms with Gasteiger partial charge in [0.1, 0.15) is 10.9 Å². The van der Waals surface area contributed by atoms with Gasteiger partial charge >= 0.3 is 5.97 Å². The number of hydrogen-bond acceptors (Lipinski definition) is 4. The minimum Gasteiger partial charge on any atom is -0.480 e. The molecule has 0 fully saturated rings. The van der Waals surface area contributed by atoms with Crippen molar-refractivity contribution in [2.24, 2.45) is 7.05 Å². The standard InChI is InChI=1S/C9H15N3O4S/c1-5-8(7(3)12(4)10-5)17(15,16)11-6(2)9(13)14/h6,11H,1-4H3,(H,13,14)/t6-/m0/s1. The number of nitrogens with zero attached hydrogens (tertiary/aromatic N) is 2. The topological polar surface area (TPSA) is 101 Å². The van der Waals surface area contributed by atoms with Gasteiger partial charge in [-0.25, -0.2) is 8.42 Å². The lowest BCUT2D eigenvalue weighted by Gasteiger charge is -2.10. The number of aliphatic carboxylic acids is 1. The Kier molecular flexibility index (Phi) is 3.58. The van der Waals surface area contributed by atoms with Gasteiger partial charge in [0.15, 0.2) is 0 Å². The normalized spacial score (nSPS) is 13.6. The van der Waals surface area contributed by atoms with Gasteiger partial charge in [-0.15, -0.1) is 0 Å². The Morgan fingerprint density at radius 2 is 2.00 bits per heavy atom. The number of carbonyl (C=O) groups is 1. The first kappa shape index (κ1) is 13.7. The van der Waals surface area contributed by atoms with E-state index < -0.39 is 22.0 Å². The number of sulfonamides is 1. The van der Waals surface area contributed by atoms with Gasteiger partial charge in [-0.3, -0.25) is 9.48 Å². The number of aryl methyl sites for hydroxylation is 2. The fourth-order valence-electron chi connectivity index (χ4n) is 1.49. The van der Waals surface area contributed by atoms with Gasteiger partial charge in [-0.2, -0.15) is 9.82 Å². The Balaban J connectivity index is 3.19. The van der Waals surface area contributed by atoms with Gasteiger partial charge in [0.2, 0.25) is 10.0 Å². The van der Waals surface area contributed by atoms with Crippen LogP contribution in [0.5, 0.6) is 0 Å². The van der Waals surface area contributed by atoms with Crippen molar-refractivity contribution in [2.75, 3.05) is 0 Å². The number of rotatable bonds is 4. The monoisotopic (exact) mass is 261 g/mol. The third kappa shape index (κ3) is 2.64. The van der Waals surface area contributed by atoms with E-state index in [1.807, 2.05) is 0 Å². The highest BCUT2D eigenvalue weighted by Crippen LogP contribution is 2.18. The molecule has 1 aromatic rings. The van der Waals surface area contributed by atoms with Crippen molar-refractivity contribution in [1.82, 2.24) is 14.5 Å². The summed E-state index contributed by atoms with van der Waals surface area (Å²) in [7, 11) is -2.23. The van der Waals surface area contributed by atoms with Gasteiger partial charge in [0.25, 0.3) is 0 Å². The van der Waals surface area contributed by atoms with Crippen molar-refractivity contribution in [3.63, 3.8) is 0 Å². The Labute approximate surface area is 99.5 Å². The second-order valence-corrected chi connectivity index (χ2v) is 5.46. The highest BCUT2D eigenvalue weighted by Gasteiger charge is 2.27. The maximum atomic E-state index is 12.0. The fourth-order valence-corrected chi connectivity index (χ4v) is 3.12. The summed E-state index contributed by atoms with van der Waals surface area (Å²) in [6.45, 7) is 4.44. The Morgan fingerprint density at radius 3 is 2.35 bits per heavy atom. The molecule has 0 saturated heterocycles. The number of hydrogen-bond donors (Lipinski definition) is 2. The van der Waals surface area contributed by atoms with Crippen LogP contribution in [0.3, 0.4) is 0 Å². The van der Waals surface area contributed by atoms with E-state index in [9.17, 15) is 13.2 Å². The summed E-state index contributed by atoms with van der Waals surface area (Å²) in [5.74, 6) is -1.23. The van der Waals surface area contributed by atoms with Crippen LogP contribution >= 0.6 is 0 Å². The molecule has 0 radical (unpaired) electrons. The maximum absolute atomic E-state index is 12.0. The van der Waals surface area contributed by atoms with Crippen LogP contribution in [0.4, 0.5) is 0 Å². The molecule has 0 aliphatic carbocycles. The molecule has 0 aliphatic heterocycles. The van der Waals surface area contributed by atoms with Gasteiger partial charge in [-0.05, 0) is 20.8 Å². The molecule has 0 aromatic carbocycles. The van der Waals surface area contributed by atoms with Crippen molar-refractivity contribution < 1.29 is 18.3 Å². The van der Waals surface area contributed by atoms with Gasteiger partial charge in [0, 0.05) is 7.05 Å². The summed E-state index contributed by atoms with van der Waals surface area (Å²) in [6, 6.07) is -1.18. The molecule has 2 N–H and O–H groups in total. The molecule has 1 atom stereocenters. The zero-order valence-electron chi connectivity index (χ0n) is 10.1. The largest absolute Gasteiger partial charge is 0.480 e. The molecule has 1 heterocycles. The molecule has 7 nitrogen and oxygen atoms in total. The molecular formula is C9H15N3O4S. The molecule has 0 saturated carbocycles. The zero-order valence-corrected chi connectivity index (χ0v) is 10.9. The summed E-state index contributed by atoms with van der Waals surface area (Å²) in [5, 5.41) is 12.7. The van der Waals surface area contributed by atoms with Gasteiger partial charge in [-0.1, -0.05) is 0 Å². The molecule has 0 bridgehead atoms. The first-order valence-corrected chi connectivity index (χ1v) is 6.40. The van der Waals surface area contributed by atoms with Crippen LogP contribution in [0.15, 0.2) is 4.90 Å². The minimum atomic E-state index is -3.86. The lowest BCUT2D eigenvalue weighted by molar-refractivity contribution is -0.138. The average Bonchev–Trinajstić information content (AvgIpc) is 2.40. The van der Waals surface area contributed by atoms with E-state index >= 15 is 0 Å². The van der Waals surface area contributed by atoms with Crippen LogP contribution < -0.4 is 4.72 Å². The van der Waals surface area contributed by atoms with E-state index in [0.717, 1.165) is 0 Å². The van der Waals surface area contributed by atoms with Crippen molar-refractivity contribution in [1.29, 1.82) is 0 Å². The second kappa shape index (κ2) is 4.46. The van der Waals surface area contributed by atoms with Crippen LogP contribution in [-0.4, -0.2) is 35.3 Å². The molecule has 0 amide bonds. The maximum Gasteiger partial charge on any atom is 0.321 e. The van der Waals surface area contributed by atoms with Crippen molar-refractivity contribution >= 4 is 16.0 Å². The average molecular weight is 261 g/mol. The SMILES string of the molecule is Cc1nn(C)c(C)c1S(=O)(=O)N[C@@H](C)C(=O)O. The molecule has 1 aromatic heterocycles. The van der Waals surface area contributed by atoms with E-state index in [2.05, 4.69) is 9.82 Å². The molecule has 0 spiro atoms. The van der Waals surface area contributed by atoms with Gasteiger partial charge < -0.3 is 5.11 Å². The third-order valence-corrected chi connectivity index (χ3v) is 4.21. The van der Waals surface area contributed by atoms with Gasteiger partial charge in [0.05, 0.1) is 11.4 Å². The van der Waals surface area contributed by atoms with Crippen LogP contribution in [0.1, 0.15) is 18.3 Å². The van der Waals surface area contributed by atoms with Crippen LogP contribution in [0.25, 0.3) is 0 Å². The number of carboxylic acids is 1. The Hall–Kier alpha value is -1.41. The summed E-state index contributed by atoms with van der Waals surface area (Å²) < 4.78 is 27.5. The number of nitrogens with one attached hydrogen (secondary N) is 1. The van der Waals surface area contributed by atoms with E-state index in [1.165, 1.54) is 11.6 Å². The lowest BCUT2D eigenvalue weighted by Crippen LogP contribution is -2.38. The zero-order chi connectivity index (χ0) is 13.4. The van der Waals surface area contributed by atoms with E-state index in [-0.39, 0.29) is 4.90 Å². The first-order chi connectivity index (χ1) is 7.66. The first-order valence-electron chi connectivity index (χ1n) is 4.92. The molecular weight excluding hydrogens is 246 g/mol. The molecule has 1 rings (SSSR count). The van der Waals surface area contributed by atoms with Crippen LogP contribution in [-0.2, 0) is 21.9 Å². The minimum absolute atomic E-state index is 0.0353. The number of carboxylic acid groups (broad SMARTS) is 1. The quantitative estimate of drug-likeness (QED) is 0.780. The molecule has 96 valence electrons. The molecule has 0 unspecified atom stereocenters. The lowest BCUT2D eigenvalue weighted by atomic mass is 10.4. The molecule has 8 heteroatoms. The predicted molar refractivity (Wildman–Crippen MR) is 60.1 cm³/mol. The summed E-state index contributed by atoms with van der Waals surface area (Å²) in [6.07, 6.45) is 0. The highest BCUT2D eigenvalue weighted by molar-refractivity contribution is 7.89. The van der Waals surface area contributed by atoms with E-state index in [0.29, 0.717) is 11.4 Å². The fraction of sp³-hybridized carbons (Fsp3) is 0.556. The predicted octanol–water partition coefficient (Wildman–Crippen LogP) is -0.212. The Bertz CT molecular complexity index is 547. The molecule has 17 heavy (non-hydrogen) atoms.